The van der Waals surface area contributed by atoms with Crippen LogP contribution in [0, 0.1) is 80.6 Å². The quantitative estimate of drug-likeness (QED) is 0.370. The number of carboxylic acid groups (broad SMARTS) is 1. The zero-order chi connectivity index (χ0) is 30.0. The molecule has 41 heavy (non-hydrogen) atoms. The van der Waals surface area contributed by atoms with Crippen LogP contribution >= 0.6 is 0 Å². The van der Waals surface area contributed by atoms with Crippen molar-refractivity contribution >= 4 is 27.8 Å². The SMILES string of the molecule is Cc1c(C)c(C)c2c(c1C)c(C)c(C(=O)[O-])n2C(C)C#N.Cc1c(C)c(C)c2c(c1C)c(C)c1n2C(C)CNC1.[Rb+]. The number of aryl methyl sites for hydroxylation is 6. The third-order valence-electron chi connectivity index (χ3n) is 9.80. The molecule has 0 radical (unpaired) electrons. The standard InChI is InChI=1S/C17H20N2O2.C17H24N2.Rb/c1-8(7-18)19-15-12(5)10(3)9(2)11(4)14(15)13(6)16(19)17(20)21;1-9-7-18-8-15-14(6)16-12(4)10(2)11(3)13(5)17(16)19(9)15;/h8H,1-6H3,(H,20,21);9,18H,7-8H2,1-6H3;/q;;+1/p-1. The Labute approximate surface area is 293 Å². The van der Waals surface area contributed by atoms with Crippen LogP contribution in [0.1, 0.15) is 97.7 Å². The molecule has 2 unspecified atom stereocenters. The Morgan fingerprint density at radius 2 is 1.27 bits per heavy atom. The van der Waals surface area contributed by atoms with Crippen LogP contribution in [0.4, 0.5) is 0 Å². The minimum absolute atomic E-state index is 0. The van der Waals surface area contributed by atoms with Gasteiger partial charge in [0.05, 0.1) is 28.8 Å². The number of carbonyl (C=O) groups is 1. The Bertz CT molecular complexity index is 1750. The minimum Gasteiger partial charge on any atom is -0.543 e. The molecular formula is C34H43N4O2Rb. The van der Waals surface area contributed by atoms with Gasteiger partial charge in [0, 0.05) is 35.6 Å². The van der Waals surface area contributed by atoms with E-state index in [1.165, 1.54) is 44.4 Å². The van der Waals surface area contributed by atoms with E-state index in [2.05, 4.69) is 57.5 Å². The molecule has 0 fully saturated rings. The predicted octanol–water partition coefficient (Wildman–Crippen LogP) is 3.48. The fraction of sp³-hybridized carbons (Fsp3) is 0.471. The fourth-order valence-electron chi connectivity index (χ4n) is 6.87. The first-order valence-corrected chi connectivity index (χ1v) is 14.2. The molecule has 0 amide bonds. The van der Waals surface area contributed by atoms with E-state index in [1.54, 1.807) is 18.4 Å². The Morgan fingerprint density at radius 1 is 0.805 bits per heavy atom. The molecule has 0 aliphatic carbocycles. The maximum absolute atomic E-state index is 11.6. The van der Waals surface area contributed by atoms with Crippen molar-refractivity contribution in [3.8, 4) is 6.07 Å². The van der Waals surface area contributed by atoms with E-state index in [-0.39, 0.29) is 63.9 Å². The summed E-state index contributed by atoms with van der Waals surface area (Å²) in [6.45, 7) is 27.3. The molecule has 4 aromatic rings. The van der Waals surface area contributed by atoms with Gasteiger partial charge < -0.3 is 24.4 Å². The number of hydrogen-bond donors (Lipinski definition) is 1. The number of carbonyl (C=O) groups excluding carboxylic acids is 1. The first-order chi connectivity index (χ1) is 18.7. The topological polar surface area (TPSA) is 85.8 Å². The molecule has 212 valence electrons. The molecule has 2 aromatic carbocycles. The van der Waals surface area contributed by atoms with Crippen molar-refractivity contribution in [3.05, 3.63) is 67.0 Å². The van der Waals surface area contributed by atoms with Gasteiger partial charge in [0.15, 0.2) is 0 Å². The van der Waals surface area contributed by atoms with E-state index in [4.69, 9.17) is 0 Å². The van der Waals surface area contributed by atoms with E-state index in [0.29, 0.717) is 11.6 Å². The molecule has 5 rings (SSSR count). The summed E-state index contributed by atoms with van der Waals surface area (Å²) < 4.78 is 4.19. The fourth-order valence-corrected chi connectivity index (χ4v) is 6.87. The Morgan fingerprint density at radius 3 is 1.76 bits per heavy atom. The van der Waals surface area contributed by atoms with Crippen LogP contribution in [0.3, 0.4) is 0 Å². The van der Waals surface area contributed by atoms with E-state index in [9.17, 15) is 15.2 Å². The molecule has 1 N–H and O–H groups in total. The Kier molecular flexibility index (Phi) is 10.3. The summed E-state index contributed by atoms with van der Waals surface area (Å²) in [6.07, 6.45) is 0. The van der Waals surface area contributed by atoms with Gasteiger partial charge in [0.1, 0.15) is 6.04 Å². The number of nitrogens with one attached hydrogen (secondary N) is 1. The minimum atomic E-state index is -1.24. The van der Waals surface area contributed by atoms with Crippen LogP contribution in [0.5, 0.6) is 0 Å². The van der Waals surface area contributed by atoms with Crippen LogP contribution in [0.25, 0.3) is 21.8 Å². The first kappa shape index (κ1) is 33.7. The Hall–Kier alpha value is -1.75. The second-order valence-corrected chi connectivity index (χ2v) is 11.8. The van der Waals surface area contributed by atoms with Gasteiger partial charge in [-0.15, -0.1) is 0 Å². The van der Waals surface area contributed by atoms with E-state index in [1.807, 2.05) is 27.7 Å². The number of nitriles is 1. The molecule has 3 heterocycles. The van der Waals surface area contributed by atoms with Gasteiger partial charge in [-0.1, -0.05) is 0 Å². The maximum atomic E-state index is 11.6. The predicted molar refractivity (Wildman–Crippen MR) is 162 cm³/mol. The van der Waals surface area contributed by atoms with Crippen LogP contribution < -0.4 is 68.6 Å². The van der Waals surface area contributed by atoms with Gasteiger partial charge >= 0.3 is 58.2 Å². The van der Waals surface area contributed by atoms with Crippen LogP contribution in [-0.2, 0) is 6.54 Å². The van der Waals surface area contributed by atoms with Gasteiger partial charge in [-0.3, -0.25) is 0 Å². The maximum Gasteiger partial charge on any atom is 1.00 e. The number of carboxylic acids is 1. The van der Waals surface area contributed by atoms with Gasteiger partial charge in [0.2, 0.25) is 0 Å². The van der Waals surface area contributed by atoms with Gasteiger partial charge in [-0.05, 0) is 139 Å². The molecular weight excluding hydrogens is 582 g/mol. The number of aromatic nitrogens is 2. The monoisotopic (exact) mass is 624 g/mol. The third-order valence-corrected chi connectivity index (χ3v) is 9.80. The Balaban J connectivity index is 0.000000221. The molecule has 1 aliphatic heterocycles. The largest absolute Gasteiger partial charge is 1.00 e. The summed E-state index contributed by atoms with van der Waals surface area (Å²) in [7, 11) is 0. The first-order valence-electron chi connectivity index (χ1n) is 14.2. The van der Waals surface area contributed by atoms with Crippen molar-refractivity contribution in [1.82, 2.24) is 14.5 Å². The molecule has 0 bridgehead atoms. The van der Waals surface area contributed by atoms with Crippen molar-refractivity contribution in [2.24, 2.45) is 0 Å². The zero-order valence-electron chi connectivity index (χ0n) is 27.2. The molecule has 2 atom stereocenters. The number of rotatable bonds is 2. The number of nitrogens with zero attached hydrogens (tertiary/aromatic N) is 3. The summed E-state index contributed by atoms with van der Waals surface area (Å²) in [5.41, 5.74) is 16.3. The molecule has 1 aliphatic rings. The second kappa shape index (κ2) is 12.5. The van der Waals surface area contributed by atoms with E-state index >= 15 is 0 Å². The summed E-state index contributed by atoms with van der Waals surface area (Å²) >= 11 is 0. The summed E-state index contributed by atoms with van der Waals surface area (Å²) in [5.74, 6) is -1.24. The summed E-state index contributed by atoms with van der Waals surface area (Å²) in [5, 5.41) is 26.8. The molecule has 7 heteroatoms. The average Bonchev–Trinajstić information content (AvgIpc) is 3.40. The molecule has 0 saturated carbocycles. The van der Waals surface area contributed by atoms with Crippen molar-refractivity contribution in [2.75, 3.05) is 6.54 Å². The van der Waals surface area contributed by atoms with Crippen molar-refractivity contribution in [2.45, 2.75) is 102 Å². The number of aromatic carboxylic acids is 1. The van der Waals surface area contributed by atoms with Gasteiger partial charge in [-0.25, -0.2) is 0 Å². The smallest absolute Gasteiger partial charge is 0.543 e. The molecule has 6 nitrogen and oxygen atoms in total. The van der Waals surface area contributed by atoms with E-state index in [0.717, 1.165) is 46.2 Å². The second-order valence-electron chi connectivity index (χ2n) is 11.8. The summed E-state index contributed by atoms with van der Waals surface area (Å²) in [6, 6.07) is 2.12. The van der Waals surface area contributed by atoms with Gasteiger partial charge in [-0.2, -0.15) is 5.26 Å². The summed E-state index contributed by atoms with van der Waals surface area (Å²) in [4.78, 5) is 11.6. The van der Waals surface area contributed by atoms with Crippen LogP contribution in [0.15, 0.2) is 0 Å². The van der Waals surface area contributed by atoms with Crippen molar-refractivity contribution in [3.63, 3.8) is 0 Å². The van der Waals surface area contributed by atoms with Crippen LogP contribution in [0.2, 0.25) is 0 Å². The number of fused-ring (bicyclic) bond motifs is 4. The van der Waals surface area contributed by atoms with Gasteiger partial charge in [0.25, 0.3) is 0 Å². The zero-order valence-corrected chi connectivity index (χ0v) is 32.1. The molecule has 0 spiro atoms. The average molecular weight is 625 g/mol. The number of hydrogen-bond acceptors (Lipinski definition) is 4. The van der Waals surface area contributed by atoms with Crippen LogP contribution in [-0.4, -0.2) is 21.6 Å². The van der Waals surface area contributed by atoms with Crippen molar-refractivity contribution < 1.29 is 68.1 Å². The molecule has 2 aromatic heterocycles. The normalized spacial score (nSPS) is 15.1. The van der Waals surface area contributed by atoms with Crippen molar-refractivity contribution in [1.29, 1.82) is 5.26 Å². The number of benzene rings is 2. The third kappa shape index (κ3) is 5.21. The molecule has 0 saturated heterocycles. The van der Waals surface area contributed by atoms with E-state index < -0.39 is 12.0 Å².